The zero-order chi connectivity index (χ0) is 24.9. The number of benzene rings is 2. The molecule has 2 aromatic rings. The van der Waals surface area contributed by atoms with Gasteiger partial charge in [-0.1, -0.05) is 17.7 Å². The van der Waals surface area contributed by atoms with Crippen LogP contribution in [0.1, 0.15) is 29.5 Å². The number of thioether (sulfide) groups is 1. The summed E-state index contributed by atoms with van der Waals surface area (Å²) in [6.45, 7) is 1.91. The summed E-state index contributed by atoms with van der Waals surface area (Å²) in [6, 6.07) is 8.43. The van der Waals surface area contributed by atoms with Crippen molar-refractivity contribution in [3.63, 3.8) is 0 Å². The first-order chi connectivity index (χ1) is 16.1. The number of nitrogens with zero attached hydrogens (tertiary/aromatic N) is 1. The second-order valence-corrected chi connectivity index (χ2v) is 8.36. The van der Waals surface area contributed by atoms with Crippen LogP contribution in [0.15, 0.2) is 46.3 Å². The summed E-state index contributed by atoms with van der Waals surface area (Å²) in [6.07, 6.45) is -2.29. The van der Waals surface area contributed by atoms with E-state index in [9.17, 15) is 22.8 Å². The number of alkyl halides is 3. The molecule has 2 amide bonds. The number of amides is 2. The summed E-state index contributed by atoms with van der Waals surface area (Å²) in [5, 5.41) is 3.05. The summed E-state index contributed by atoms with van der Waals surface area (Å²) < 4.78 is 51.1. The molecule has 1 aliphatic heterocycles. The Bertz CT molecular complexity index is 1160. The van der Waals surface area contributed by atoms with Crippen LogP contribution in [0.2, 0.25) is 0 Å². The smallest absolute Gasteiger partial charge is 0.419 e. The lowest BCUT2D eigenvalue weighted by Crippen LogP contribution is -2.20. The van der Waals surface area contributed by atoms with Crippen molar-refractivity contribution >= 4 is 34.8 Å². The van der Waals surface area contributed by atoms with Crippen LogP contribution in [0, 0.1) is 6.92 Å². The highest BCUT2D eigenvalue weighted by atomic mass is 32.2. The number of nitrogens with one attached hydrogen (secondary N) is 1. The van der Waals surface area contributed by atoms with Gasteiger partial charge in [0.1, 0.15) is 5.75 Å². The van der Waals surface area contributed by atoms with E-state index in [0.29, 0.717) is 34.2 Å². The maximum absolute atomic E-state index is 13.4. The Morgan fingerprint density at radius 1 is 1.18 bits per heavy atom. The number of carbonyl (C=O) groups excluding carboxylic acids is 2. The average molecular weight is 494 g/mol. The first-order valence-electron chi connectivity index (χ1n) is 10.1. The quantitative estimate of drug-likeness (QED) is 0.412. The first-order valence-corrected chi connectivity index (χ1v) is 11.0. The number of amidine groups is 1. The molecule has 1 fully saturated rings. The summed E-state index contributed by atoms with van der Waals surface area (Å²) in [5.41, 5.74) is 5.23. The molecule has 180 valence electrons. The van der Waals surface area contributed by atoms with Crippen LogP contribution in [0.5, 0.6) is 17.2 Å². The van der Waals surface area contributed by atoms with Gasteiger partial charge in [0.15, 0.2) is 16.7 Å². The lowest BCUT2D eigenvalue weighted by molar-refractivity contribution is -0.138. The SMILES string of the molecule is COc1cc(/C=C2\SC(=NCCCC(N)=O)NC2=O)ccc1Oc1ccc(C)cc1C(F)(F)F. The van der Waals surface area contributed by atoms with Gasteiger partial charge in [-0.3, -0.25) is 14.6 Å². The van der Waals surface area contributed by atoms with E-state index in [1.54, 1.807) is 25.1 Å². The predicted molar refractivity (Wildman–Crippen MR) is 124 cm³/mol. The van der Waals surface area contributed by atoms with E-state index in [2.05, 4.69) is 10.3 Å². The van der Waals surface area contributed by atoms with Crippen LogP contribution in [-0.4, -0.2) is 30.6 Å². The van der Waals surface area contributed by atoms with Crippen molar-refractivity contribution in [2.45, 2.75) is 25.9 Å². The Labute approximate surface area is 198 Å². The molecular weight excluding hydrogens is 471 g/mol. The Kier molecular flexibility index (Phi) is 7.87. The van der Waals surface area contributed by atoms with Gasteiger partial charge in [0.2, 0.25) is 5.91 Å². The molecule has 0 aliphatic carbocycles. The molecule has 2 aromatic carbocycles. The number of hydrogen-bond donors (Lipinski definition) is 2. The fourth-order valence-electron chi connectivity index (χ4n) is 3.02. The highest BCUT2D eigenvalue weighted by molar-refractivity contribution is 8.18. The van der Waals surface area contributed by atoms with Gasteiger partial charge < -0.3 is 20.5 Å². The van der Waals surface area contributed by atoms with Gasteiger partial charge in [0.05, 0.1) is 17.6 Å². The van der Waals surface area contributed by atoms with E-state index in [1.807, 2.05) is 0 Å². The van der Waals surface area contributed by atoms with Crippen LogP contribution in [0.4, 0.5) is 13.2 Å². The van der Waals surface area contributed by atoms with Gasteiger partial charge in [-0.25, -0.2) is 0 Å². The standard InChI is InChI=1S/C23H22F3N3O4S/c1-13-5-7-16(15(10-13)23(24,25)26)33-17-8-6-14(11-18(17)32-2)12-19-21(31)29-22(34-19)28-9-3-4-20(27)30/h5-8,10-12H,3-4,9H2,1-2H3,(H2,27,30)(H,28,29,31)/b19-12-. The van der Waals surface area contributed by atoms with Crippen molar-refractivity contribution in [1.29, 1.82) is 0 Å². The number of rotatable bonds is 8. The molecule has 0 bridgehead atoms. The number of aryl methyl sites for hydroxylation is 1. The highest BCUT2D eigenvalue weighted by Gasteiger charge is 2.35. The molecule has 3 N–H and O–H groups in total. The fraction of sp³-hybridized carbons (Fsp3) is 0.261. The third-order valence-electron chi connectivity index (χ3n) is 4.63. The first kappa shape index (κ1) is 25.2. The summed E-state index contributed by atoms with van der Waals surface area (Å²) in [5.74, 6) is -0.800. The van der Waals surface area contributed by atoms with Crippen molar-refractivity contribution in [1.82, 2.24) is 5.32 Å². The normalized spacial score (nSPS) is 16.1. The minimum absolute atomic E-state index is 0.0965. The third-order valence-corrected chi connectivity index (χ3v) is 5.58. The zero-order valence-electron chi connectivity index (χ0n) is 18.4. The molecule has 34 heavy (non-hydrogen) atoms. The van der Waals surface area contributed by atoms with Gasteiger partial charge in [0, 0.05) is 13.0 Å². The Morgan fingerprint density at radius 3 is 2.59 bits per heavy atom. The van der Waals surface area contributed by atoms with Crippen LogP contribution in [0.3, 0.4) is 0 Å². The lowest BCUT2D eigenvalue weighted by atomic mass is 10.1. The van der Waals surface area contributed by atoms with Crippen LogP contribution < -0.4 is 20.5 Å². The Morgan fingerprint density at radius 2 is 1.91 bits per heavy atom. The van der Waals surface area contributed by atoms with Crippen LogP contribution in [-0.2, 0) is 15.8 Å². The predicted octanol–water partition coefficient (Wildman–Crippen LogP) is 4.64. The molecule has 0 saturated carbocycles. The third kappa shape index (κ3) is 6.53. The van der Waals surface area contributed by atoms with E-state index >= 15 is 0 Å². The van der Waals surface area contributed by atoms with E-state index < -0.39 is 17.6 Å². The molecule has 1 heterocycles. The van der Waals surface area contributed by atoms with Gasteiger partial charge in [0.25, 0.3) is 5.91 Å². The lowest BCUT2D eigenvalue weighted by Gasteiger charge is -2.16. The molecule has 11 heteroatoms. The van der Waals surface area contributed by atoms with Crippen LogP contribution >= 0.6 is 11.8 Å². The molecule has 0 unspecified atom stereocenters. The van der Waals surface area contributed by atoms with Crippen molar-refractivity contribution in [2.75, 3.05) is 13.7 Å². The number of primary amides is 1. The summed E-state index contributed by atoms with van der Waals surface area (Å²) in [7, 11) is 1.37. The molecule has 0 atom stereocenters. The zero-order valence-corrected chi connectivity index (χ0v) is 19.2. The maximum Gasteiger partial charge on any atom is 0.419 e. The second kappa shape index (κ2) is 10.6. The molecule has 0 radical (unpaired) electrons. The monoisotopic (exact) mass is 493 g/mol. The van der Waals surface area contributed by atoms with Crippen molar-refractivity contribution < 1.29 is 32.2 Å². The van der Waals surface area contributed by atoms with Gasteiger partial charge >= 0.3 is 6.18 Å². The molecule has 7 nitrogen and oxygen atoms in total. The Hall–Kier alpha value is -3.47. The minimum Gasteiger partial charge on any atom is -0.493 e. The highest BCUT2D eigenvalue weighted by Crippen LogP contribution is 2.41. The van der Waals surface area contributed by atoms with Crippen LogP contribution in [0.25, 0.3) is 6.08 Å². The molecule has 1 saturated heterocycles. The van der Waals surface area contributed by atoms with E-state index in [-0.39, 0.29) is 29.6 Å². The number of methoxy groups -OCH3 is 1. The maximum atomic E-state index is 13.4. The van der Waals surface area contributed by atoms with Crippen molar-refractivity contribution in [2.24, 2.45) is 10.7 Å². The van der Waals surface area contributed by atoms with Gasteiger partial charge in [-0.2, -0.15) is 13.2 Å². The Balaban J connectivity index is 1.79. The molecule has 0 spiro atoms. The second-order valence-electron chi connectivity index (χ2n) is 7.33. The number of halogens is 3. The molecule has 3 rings (SSSR count). The van der Waals surface area contributed by atoms with Crippen molar-refractivity contribution in [3.8, 4) is 17.2 Å². The average Bonchev–Trinajstić information content (AvgIpc) is 3.11. The fourth-order valence-corrected chi connectivity index (χ4v) is 3.86. The number of hydrogen-bond acceptors (Lipinski definition) is 6. The largest absolute Gasteiger partial charge is 0.493 e. The van der Waals surface area contributed by atoms with E-state index in [1.165, 1.54) is 25.3 Å². The topological polar surface area (TPSA) is 103 Å². The molecular formula is C23H22F3N3O4S. The molecule has 0 aromatic heterocycles. The minimum atomic E-state index is -4.58. The molecule has 1 aliphatic rings. The number of nitrogens with two attached hydrogens (primary N) is 1. The number of ether oxygens (including phenoxy) is 2. The van der Waals surface area contributed by atoms with E-state index in [4.69, 9.17) is 15.2 Å². The number of carbonyl (C=O) groups is 2. The summed E-state index contributed by atoms with van der Waals surface area (Å²) in [4.78, 5) is 27.6. The van der Waals surface area contributed by atoms with Gasteiger partial charge in [-0.15, -0.1) is 0 Å². The number of aliphatic imine (C=N–C) groups is 1. The van der Waals surface area contributed by atoms with Crippen molar-refractivity contribution in [3.05, 3.63) is 58.0 Å². The van der Waals surface area contributed by atoms with Gasteiger partial charge in [-0.05, 0) is 61.0 Å². The summed E-state index contributed by atoms with van der Waals surface area (Å²) >= 11 is 1.14. The van der Waals surface area contributed by atoms with E-state index in [0.717, 1.165) is 17.8 Å².